The summed E-state index contributed by atoms with van der Waals surface area (Å²) in [4.78, 5) is 6.79. The van der Waals surface area contributed by atoms with Crippen LogP contribution in [0.3, 0.4) is 0 Å². The van der Waals surface area contributed by atoms with Gasteiger partial charge < -0.3 is 10.1 Å². The highest BCUT2D eigenvalue weighted by Gasteiger charge is 2.19. The lowest BCUT2D eigenvalue weighted by Gasteiger charge is -2.33. The summed E-state index contributed by atoms with van der Waals surface area (Å²) in [5, 5.41) is 3.48. The number of methoxy groups -OCH3 is 1. The van der Waals surface area contributed by atoms with Crippen LogP contribution >= 0.6 is 0 Å². The van der Waals surface area contributed by atoms with Crippen molar-refractivity contribution in [3.63, 3.8) is 0 Å². The maximum Gasteiger partial charge on any atom is 0.212 e. The van der Waals surface area contributed by atoms with E-state index in [0.717, 1.165) is 26.2 Å². The van der Waals surface area contributed by atoms with Gasteiger partial charge in [-0.2, -0.15) is 0 Å². The second-order valence-corrected chi connectivity index (χ2v) is 4.77. The normalized spacial score (nSPS) is 20.1. The summed E-state index contributed by atoms with van der Waals surface area (Å²) >= 11 is 0. The van der Waals surface area contributed by atoms with Crippen molar-refractivity contribution in [3.05, 3.63) is 23.9 Å². The monoisotopic (exact) mass is 249 g/mol. The van der Waals surface area contributed by atoms with E-state index in [-0.39, 0.29) is 0 Å². The zero-order valence-electron chi connectivity index (χ0n) is 11.4. The number of pyridine rings is 1. The van der Waals surface area contributed by atoms with E-state index in [0.29, 0.717) is 11.9 Å². The number of hydrogen-bond donors (Lipinski definition) is 1. The van der Waals surface area contributed by atoms with E-state index in [1.165, 1.54) is 18.4 Å². The van der Waals surface area contributed by atoms with Crippen molar-refractivity contribution >= 4 is 0 Å². The van der Waals surface area contributed by atoms with Crippen LogP contribution in [0.1, 0.15) is 25.3 Å². The van der Waals surface area contributed by atoms with Crippen LogP contribution in [0, 0.1) is 0 Å². The molecule has 1 aromatic rings. The second kappa shape index (κ2) is 6.71. The van der Waals surface area contributed by atoms with E-state index >= 15 is 0 Å². The van der Waals surface area contributed by atoms with Crippen LogP contribution in [0.4, 0.5) is 0 Å². The molecular weight excluding hydrogens is 226 g/mol. The summed E-state index contributed by atoms with van der Waals surface area (Å²) in [5.41, 5.74) is 1.25. The largest absolute Gasteiger partial charge is 0.481 e. The Balaban J connectivity index is 1.95. The molecule has 100 valence electrons. The van der Waals surface area contributed by atoms with Gasteiger partial charge in [0, 0.05) is 31.4 Å². The van der Waals surface area contributed by atoms with Crippen LogP contribution in [-0.2, 0) is 6.54 Å². The lowest BCUT2D eigenvalue weighted by Crippen LogP contribution is -2.45. The fourth-order valence-corrected chi connectivity index (χ4v) is 2.50. The molecule has 4 heteroatoms. The summed E-state index contributed by atoms with van der Waals surface area (Å²) in [7, 11) is 1.65. The molecule has 2 heterocycles. The van der Waals surface area contributed by atoms with Gasteiger partial charge in [0.15, 0.2) is 0 Å². The highest BCUT2D eigenvalue weighted by Crippen LogP contribution is 2.15. The van der Waals surface area contributed by atoms with Crippen molar-refractivity contribution < 1.29 is 4.74 Å². The molecule has 1 atom stereocenters. The van der Waals surface area contributed by atoms with Gasteiger partial charge in [0.1, 0.15) is 0 Å². The molecule has 1 aliphatic rings. The van der Waals surface area contributed by atoms with Gasteiger partial charge in [0.25, 0.3) is 0 Å². The van der Waals surface area contributed by atoms with Gasteiger partial charge in [-0.3, -0.25) is 4.90 Å². The van der Waals surface area contributed by atoms with E-state index in [9.17, 15) is 0 Å². The molecule has 0 radical (unpaired) electrons. The molecule has 0 aliphatic carbocycles. The number of aromatic nitrogens is 1. The minimum atomic E-state index is 0.658. The van der Waals surface area contributed by atoms with Crippen molar-refractivity contribution in [1.29, 1.82) is 0 Å². The van der Waals surface area contributed by atoms with Gasteiger partial charge in [0.05, 0.1) is 7.11 Å². The van der Waals surface area contributed by atoms with Gasteiger partial charge >= 0.3 is 0 Å². The van der Waals surface area contributed by atoms with E-state index in [4.69, 9.17) is 4.74 Å². The lowest BCUT2D eigenvalue weighted by atomic mass is 10.1. The van der Waals surface area contributed by atoms with E-state index in [1.807, 2.05) is 12.3 Å². The molecule has 1 N–H and O–H groups in total. The average Bonchev–Trinajstić information content (AvgIpc) is 2.46. The lowest BCUT2D eigenvalue weighted by molar-refractivity contribution is 0.166. The fourth-order valence-electron chi connectivity index (χ4n) is 2.50. The van der Waals surface area contributed by atoms with E-state index in [2.05, 4.69) is 28.2 Å². The quantitative estimate of drug-likeness (QED) is 0.861. The third kappa shape index (κ3) is 3.43. The van der Waals surface area contributed by atoms with Gasteiger partial charge in [-0.15, -0.1) is 0 Å². The van der Waals surface area contributed by atoms with Gasteiger partial charge in [-0.05, 0) is 31.5 Å². The predicted molar refractivity (Wildman–Crippen MR) is 72.8 cm³/mol. The van der Waals surface area contributed by atoms with Gasteiger partial charge in [0.2, 0.25) is 5.88 Å². The van der Waals surface area contributed by atoms with Gasteiger partial charge in [-0.25, -0.2) is 4.98 Å². The first kappa shape index (κ1) is 13.3. The van der Waals surface area contributed by atoms with E-state index < -0.39 is 0 Å². The Morgan fingerprint density at radius 3 is 2.94 bits per heavy atom. The van der Waals surface area contributed by atoms with Crippen LogP contribution in [0.15, 0.2) is 18.3 Å². The molecule has 4 nitrogen and oxygen atoms in total. The topological polar surface area (TPSA) is 37.4 Å². The fraction of sp³-hybridized carbons (Fsp3) is 0.643. The number of nitrogens with zero attached hydrogens (tertiary/aromatic N) is 2. The second-order valence-electron chi connectivity index (χ2n) is 4.77. The third-order valence-electron chi connectivity index (χ3n) is 3.59. The minimum Gasteiger partial charge on any atom is -0.481 e. The van der Waals surface area contributed by atoms with Crippen LogP contribution in [0.2, 0.25) is 0 Å². The number of ether oxygens (including phenoxy) is 1. The van der Waals surface area contributed by atoms with Crippen LogP contribution in [0.25, 0.3) is 0 Å². The maximum absolute atomic E-state index is 5.08. The molecule has 1 unspecified atom stereocenters. The Morgan fingerprint density at radius 1 is 1.50 bits per heavy atom. The first-order chi connectivity index (χ1) is 8.83. The number of rotatable bonds is 5. The number of hydrogen-bond acceptors (Lipinski definition) is 4. The van der Waals surface area contributed by atoms with Crippen LogP contribution in [0.5, 0.6) is 5.88 Å². The first-order valence-electron chi connectivity index (χ1n) is 6.77. The van der Waals surface area contributed by atoms with Crippen molar-refractivity contribution in [2.75, 3.05) is 26.7 Å². The first-order valence-corrected chi connectivity index (χ1v) is 6.77. The molecular formula is C14H23N3O. The number of piperidine rings is 1. The zero-order valence-corrected chi connectivity index (χ0v) is 11.4. The van der Waals surface area contributed by atoms with Crippen molar-refractivity contribution in [2.45, 2.75) is 32.4 Å². The summed E-state index contributed by atoms with van der Waals surface area (Å²) in [6, 6.07) is 4.69. The zero-order chi connectivity index (χ0) is 12.8. The van der Waals surface area contributed by atoms with Crippen molar-refractivity contribution in [3.8, 4) is 5.88 Å². The molecule has 1 aromatic heterocycles. The Morgan fingerprint density at radius 2 is 2.39 bits per heavy atom. The molecule has 2 rings (SSSR count). The molecule has 1 aliphatic heterocycles. The highest BCUT2D eigenvalue weighted by atomic mass is 16.5. The van der Waals surface area contributed by atoms with Crippen molar-refractivity contribution in [2.24, 2.45) is 0 Å². The highest BCUT2D eigenvalue weighted by molar-refractivity contribution is 5.17. The van der Waals surface area contributed by atoms with Crippen LogP contribution in [-0.4, -0.2) is 42.7 Å². The predicted octanol–water partition coefficient (Wildman–Crippen LogP) is 1.66. The minimum absolute atomic E-state index is 0.658. The smallest absolute Gasteiger partial charge is 0.212 e. The van der Waals surface area contributed by atoms with Crippen LogP contribution < -0.4 is 10.1 Å². The molecule has 1 saturated heterocycles. The summed E-state index contributed by atoms with van der Waals surface area (Å²) in [6.45, 7) is 6.55. The maximum atomic E-state index is 5.08. The number of likely N-dealkylation sites (N-methyl/N-ethyl adjacent to an activating group) is 1. The molecule has 1 fully saturated rings. The Bertz CT molecular complexity index is 347. The Labute approximate surface area is 109 Å². The molecule has 18 heavy (non-hydrogen) atoms. The number of nitrogens with one attached hydrogen (secondary N) is 1. The molecule has 0 spiro atoms. The average molecular weight is 249 g/mol. The Kier molecular flexibility index (Phi) is 4.96. The molecule has 0 saturated carbocycles. The SMILES string of the molecule is CCN(Cc1ccc(OC)nc1)C1CCCNC1. The summed E-state index contributed by atoms with van der Waals surface area (Å²) < 4.78 is 5.08. The van der Waals surface area contributed by atoms with Gasteiger partial charge in [-0.1, -0.05) is 13.0 Å². The molecule has 0 bridgehead atoms. The molecule has 0 amide bonds. The molecule has 0 aromatic carbocycles. The summed E-state index contributed by atoms with van der Waals surface area (Å²) in [5.74, 6) is 0.682. The Hall–Kier alpha value is -1.13. The van der Waals surface area contributed by atoms with E-state index in [1.54, 1.807) is 7.11 Å². The third-order valence-corrected chi connectivity index (χ3v) is 3.59. The standard InChI is InChI=1S/C14H23N3O/c1-3-17(13-5-4-8-15-10-13)11-12-6-7-14(18-2)16-9-12/h6-7,9,13,15H,3-5,8,10-11H2,1-2H3. The summed E-state index contributed by atoms with van der Waals surface area (Å²) in [6.07, 6.45) is 4.49. The van der Waals surface area contributed by atoms with Crippen molar-refractivity contribution in [1.82, 2.24) is 15.2 Å².